The molecule has 2 N–H and O–H groups in total. The van der Waals surface area contributed by atoms with E-state index in [9.17, 15) is 4.79 Å². The molecule has 0 bridgehead atoms. The number of hydrogen-bond donors (Lipinski definition) is 2. The number of aromatic nitrogens is 1. The van der Waals surface area contributed by atoms with Crippen molar-refractivity contribution in [2.45, 2.75) is 23.7 Å². The van der Waals surface area contributed by atoms with Crippen LogP contribution in [-0.2, 0) is 4.79 Å². The van der Waals surface area contributed by atoms with Crippen molar-refractivity contribution in [1.82, 2.24) is 4.98 Å². The van der Waals surface area contributed by atoms with Gasteiger partial charge in [0.2, 0.25) is 0 Å². The van der Waals surface area contributed by atoms with Gasteiger partial charge in [0.15, 0.2) is 6.54 Å². The summed E-state index contributed by atoms with van der Waals surface area (Å²) < 4.78 is 1.26. The van der Waals surface area contributed by atoms with E-state index in [2.05, 4.69) is 29.6 Å². The maximum Gasteiger partial charge on any atom is 0.279 e. The molecule has 3 aromatic rings. The second kappa shape index (κ2) is 8.42. The van der Waals surface area contributed by atoms with Crippen LogP contribution in [-0.4, -0.2) is 36.8 Å². The van der Waals surface area contributed by atoms with Crippen molar-refractivity contribution in [1.29, 1.82) is 0 Å². The molecule has 0 spiro atoms. The number of quaternary nitrogens is 1. The number of anilines is 1. The summed E-state index contributed by atoms with van der Waals surface area (Å²) in [6.45, 7) is 2.56. The van der Waals surface area contributed by atoms with E-state index in [0.717, 1.165) is 35.6 Å². The van der Waals surface area contributed by atoms with Crippen LogP contribution >= 0.6 is 23.1 Å². The Kier molecular flexibility index (Phi) is 5.76. The number of likely N-dealkylation sites (tertiary alicyclic amines) is 1. The second-order valence-electron chi connectivity index (χ2n) is 7.02. The van der Waals surface area contributed by atoms with Gasteiger partial charge < -0.3 is 10.2 Å². The number of nitrogens with one attached hydrogen (secondary N) is 2. The van der Waals surface area contributed by atoms with Gasteiger partial charge >= 0.3 is 0 Å². The van der Waals surface area contributed by atoms with Gasteiger partial charge in [-0.25, -0.2) is 4.98 Å². The molecule has 4 rings (SSSR count). The first kappa shape index (κ1) is 18.5. The van der Waals surface area contributed by atoms with E-state index >= 15 is 0 Å². The predicted octanol–water partition coefficient (Wildman–Crippen LogP) is 3.42. The number of fused-ring (bicyclic) bond motifs is 1. The van der Waals surface area contributed by atoms with Gasteiger partial charge in [0.05, 0.1) is 29.2 Å². The minimum atomic E-state index is 0.0909. The highest BCUT2D eigenvalue weighted by molar-refractivity contribution is 7.98. The van der Waals surface area contributed by atoms with Crippen molar-refractivity contribution in [3.8, 4) is 0 Å². The molecule has 0 saturated carbocycles. The van der Waals surface area contributed by atoms with Gasteiger partial charge in [-0.2, -0.15) is 0 Å². The zero-order valence-electron chi connectivity index (χ0n) is 15.4. The Labute approximate surface area is 168 Å². The van der Waals surface area contributed by atoms with E-state index in [0.29, 0.717) is 12.5 Å². The molecule has 1 unspecified atom stereocenters. The molecule has 1 saturated heterocycles. The summed E-state index contributed by atoms with van der Waals surface area (Å²) in [5.74, 6) is 0.548. The molecule has 4 nitrogen and oxygen atoms in total. The topological polar surface area (TPSA) is 46.4 Å². The Hall–Kier alpha value is -1.89. The van der Waals surface area contributed by atoms with Crippen LogP contribution in [0.4, 0.5) is 5.69 Å². The standard InChI is InChI=1S/C21H23N3OS2/c1-26-17-8-4-7-16(12-17)22-20(25)14-24-11-5-6-15(13-24)21-23-18-9-2-3-10-19(18)27-21/h2-4,7-10,12,15H,5-6,11,13-14H2,1H3,(H,22,25)/p+1/t15-/m0/s1. The van der Waals surface area contributed by atoms with Gasteiger partial charge in [0.1, 0.15) is 5.01 Å². The number of para-hydroxylation sites is 1. The third kappa shape index (κ3) is 4.51. The maximum atomic E-state index is 12.5. The van der Waals surface area contributed by atoms with Crippen molar-refractivity contribution in [2.24, 2.45) is 0 Å². The SMILES string of the molecule is CSc1cccc(NC(=O)C[NH+]2CCC[C@H](c3nc4ccccc4s3)C2)c1. The Morgan fingerprint density at radius 2 is 2.19 bits per heavy atom. The van der Waals surface area contributed by atoms with Crippen LogP contribution in [0.1, 0.15) is 23.8 Å². The van der Waals surface area contributed by atoms with Gasteiger partial charge in [-0.15, -0.1) is 23.1 Å². The number of hydrogen-bond acceptors (Lipinski definition) is 4. The first-order chi connectivity index (χ1) is 13.2. The number of piperidine rings is 1. The first-order valence-electron chi connectivity index (χ1n) is 9.34. The molecular weight excluding hydrogens is 374 g/mol. The monoisotopic (exact) mass is 398 g/mol. The van der Waals surface area contributed by atoms with Crippen LogP contribution in [0.15, 0.2) is 53.4 Å². The van der Waals surface area contributed by atoms with Crippen LogP contribution in [0.2, 0.25) is 0 Å². The number of benzene rings is 2. The van der Waals surface area contributed by atoms with Gasteiger partial charge in [0, 0.05) is 10.6 Å². The summed E-state index contributed by atoms with van der Waals surface area (Å²) in [5.41, 5.74) is 1.97. The lowest BCUT2D eigenvalue weighted by Gasteiger charge is -2.28. The quantitative estimate of drug-likeness (QED) is 0.648. The number of rotatable bonds is 5. The summed E-state index contributed by atoms with van der Waals surface area (Å²) in [6.07, 6.45) is 4.35. The average Bonchev–Trinajstić information content (AvgIpc) is 3.12. The molecule has 2 atom stereocenters. The molecule has 27 heavy (non-hydrogen) atoms. The average molecular weight is 399 g/mol. The molecule has 1 amide bonds. The van der Waals surface area contributed by atoms with E-state index in [1.807, 2.05) is 30.5 Å². The van der Waals surface area contributed by atoms with E-state index < -0.39 is 0 Å². The lowest BCUT2D eigenvalue weighted by Crippen LogP contribution is -3.14. The van der Waals surface area contributed by atoms with Crippen LogP contribution in [0.5, 0.6) is 0 Å². The third-order valence-corrected chi connectivity index (χ3v) is 6.97. The van der Waals surface area contributed by atoms with E-state index in [1.165, 1.54) is 21.0 Å². The molecule has 2 heterocycles. The van der Waals surface area contributed by atoms with Crippen molar-refractivity contribution in [3.05, 3.63) is 53.5 Å². The number of amides is 1. The van der Waals surface area contributed by atoms with Gasteiger partial charge in [0.25, 0.3) is 5.91 Å². The van der Waals surface area contributed by atoms with Gasteiger partial charge in [-0.1, -0.05) is 18.2 Å². The highest BCUT2D eigenvalue weighted by Crippen LogP contribution is 2.30. The number of carbonyl (C=O) groups excluding carboxylic acids is 1. The van der Waals surface area contributed by atoms with Crippen molar-refractivity contribution in [3.63, 3.8) is 0 Å². The number of nitrogens with zero attached hydrogens (tertiary/aromatic N) is 1. The molecular formula is C21H24N3OS2+. The second-order valence-corrected chi connectivity index (χ2v) is 8.96. The minimum Gasteiger partial charge on any atom is -0.327 e. The summed E-state index contributed by atoms with van der Waals surface area (Å²) in [6, 6.07) is 16.3. The van der Waals surface area contributed by atoms with Crippen molar-refractivity contribution in [2.75, 3.05) is 31.2 Å². The Morgan fingerprint density at radius 3 is 3.04 bits per heavy atom. The maximum absolute atomic E-state index is 12.5. The van der Waals surface area contributed by atoms with Crippen LogP contribution in [0, 0.1) is 0 Å². The Bertz CT molecular complexity index is 907. The van der Waals surface area contributed by atoms with Gasteiger partial charge in [-0.3, -0.25) is 4.79 Å². The lowest BCUT2D eigenvalue weighted by atomic mass is 9.99. The molecule has 1 aliphatic rings. The number of thioether (sulfide) groups is 1. The zero-order chi connectivity index (χ0) is 18.6. The fourth-order valence-electron chi connectivity index (χ4n) is 3.72. The fourth-order valence-corrected chi connectivity index (χ4v) is 5.28. The highest BCUT2D eigenvalue weighted by atomic mass is 32.2. The molecule has 0 radical (unpaired) electrons. The predicted molar refractivity (Wildman–Crippen MR) is 114 cm³/mol. The largest absolute Gasteiger partial charge is 0.327 e. The normalized spacial score (nSPS) is 19.9. The smallest absolute Gasteiger partial charge is 0.279 e. The lowest BCUT2D eigenvalue weighted by molar-refractivity contribution is -0.898. The summed E-state index contributed by atoms with van der Waals surface area (Å²) in [7, 11) is 0. The Morgan fingerprint density at radius 1 is 1.30 bits per heavy atom. The third-order valence-electron chi connectivity index (χ3n) is 5.04. The van der Waals surface area contributed by atoms with E-state index in [1.54, 1.807) is 23.1 Å². The fraction of sp³-hybridized carbons (Fsp3) is 0.333. The minimum absolute atomic E-state index is 0.0909. The van der Waals surface area contributed by atoms with Crippen molar-refractivity contribution < 1.29 is 9.69 Å². The van der Waals surface area contributed by atoms with Gasteiger partial charge in [-0.05, 0) is 49.4 Å². The van der Waals surface area contributed by atoms with Crippen LogP contribution in [0.25, 0.3) is 10.2 Å². The zero-order valence-corrected chi connectivity index (χ0v) is 17.0. The summed E-state index contributed by atoms with van der Waals surface area (Å²) in [4.78, 5) is 19.9. The van der Waals surface area contributed by atoms with E-state index in [4.69, 9.17) is 4.98 Å². The van der Waals surface area contributed by atoms with Crippen molar-refractivity contribution >= 4 is 44.9 Å². The Balaban J connectivity index is 1.38. The first-order valence-corrected chi connectivity index (χ1v) is 11.4. The highest BCUT2D eigenvalue weighted by Gasteiger charge is 2.28. The number of thiazole rings is 1. The molecule has 140 valence electrons. The summed E-state index contributed by atoms with van der Waals surface area (Å²) in [5, 5.41) is 4.28. The molecule has 1 fully saturated rings. The molecule has 0 aliphatic carbocycles. The van der Waals surface area contributed by atoms with E-state index in [-0.39, 0.29) is 5.91 Å². The molecule has 1 aromatic heterocycles. The molecule has 6 heteroatoms. The number of carbonyl (C=O) groups is 1. The molecule has 1 aliphatic heterocycles. The van der Waals surface area contributed by atoms with Crippen LogP contribution < -0.4 is 10.2 Å². The van der Waals surface area contributed by atoms with Crippen LogP contribution in [0.3, 0.4) is 0 Å². The summed E-state index contributed by atoms with van der Waals surface area (Å²) >= 11 is 3.49. The molecule has 2 aromatic carbocycles.